The first-order valence-electron chi connectivity index (χ1n) is 8.20. The van der Waals surface area contributed by atoms with Crippen molar-refractivity contribution < 1.29 is 5.11 Å². The van der Waals surface area contributed by atoms with E-state index in [1.165, 1.54) is 11.8 Å². The fraction of sp³-hybridized carbons (Fsp3) is 0.294. The van der Waals surface area contributed by atoms with Crippen LogP contribution < -0.4 is 5.69 Å². The topological polar surface area (TPSA) is 123 Å². The van der Waals surface area contributed by atoms with Crippen LogP contribution in [0.1, 0.15) is 31.6 Å². The number of nitrogens with one attached hydrogen (secondary N) is 2. The smallest absolute Gasteiger partial charge is 0.344 e. The van der Waals surface area contributed by atoms with Gasteiger partial charge in [-0.05, 0) is 31.9 Å². The summed E-state index contributed by atoms with van der Waals surface area (Å²) in [4.78, 5) is 19.3. The minimum Gasteiger partial charge on any atom is -0.510 e. The van der Waals surface area contributed by atoms with E-state index < -0.39 is 5.25 Å². The number of hydrogen-bond donors (Lipinski definition) is 3. The number of imidazole rings is 1. The normalized spacial score (nSPS) is 16.3. The molecule has 1 saturated carbocycles. The number of H-pyrrole nitrogens is 2. The Morgan fingerprint density at radius 3 is 2.92 bits per heavy atom. The van der Waals surface area contributed by atoms with E-state index in [2.05, 4.69) is 20.2 Å². The monoisotopic (exact) mass is 368 g/mol. The van der Waals surface area contributed by atoms with Crippen molar-refractivity contribution in [3.8, 4) is 6.07 Å². The fourth-order valence-corrected chi connectivity index (χ4v) is 3.74. The van der Waals surface area contributed by atoms with Crippen LogP contribution in [0.3, 0.4) is 0 Å². The SMILES string of the molecule is C[C@H](Sc1n[nH]c(=O)n1C1CC1)/C(O)=C(\C#N)c1nc2ccccc2[nH]1. The minimum atomic E-state index is -0.467. The van der Waals surface area contributed by atoms with E-state index in [4.69, 9.17) is 0 Å². The number of aliphatic hydroxyl groups excluding tert-OH is 1. The summed E-state index contributed by atoms with van der Waals surface area (Å²) in [6.07, 6.45) is 1.90. The molecule has 0 unspecified atom stereocenters. The molecule has 1 aliphatic rings. The molecule has 26 heavy (non-hydrogen) atoms. The Morgan fingerprint density at radius 2 is 2.23 bits per heavy atom. The van der Waals surface area contributed by atoms with E-state index in [1.807, 2.05) is 30.3 Å². The van der Waals surface area contributed by atoms with Crippen LogP contribution in [0, 0.1) is 11.3 Å². The molecule has 2 heterocycles. The highest BCUT2D eigenvalue weighted by Crippen LogP contribution is 2.37. The van der Waals surface area contributed by atoms with Gasteiger partial charge in [0.05, 0.1) is 16.3 Å². The van der Waals surface area contributed by atoms with E-state index in [-0.39, 0.29) is 23.1 Å². The van der Waals surface area contributed by atoms with Gasteiger partial charge < -0.3 is 10.1 Å². The summed E-state index contributed by atoms with van der Waals surface area (Å²) >= 11 is 1.23. The van der Waals surface area contributed by atoms with Crippen molar-refractivity contribution in [2.45, 2.75) is 36.2 Å². The van der Waals surface area contributed by atoms with Gasteiger partial charge in [-0.1, -0.05) is 23.9 Å². The zero-order chi connectivity index (χ0) is 18.3. The zero-order valence-electron chi connectivity index (χ0n) is 13.9. The molecule has 3 aromatic rings. The van der Waals surface area contributed by atoms with Gasteiger partial charge in [-0.2, -0.15) is 5.26 Å². The molecule has 1 fully saturated rings. The second-order valence-electron chi connectivity index (χ2n) is 6.15. The second kappa shape index (κ2) is 6.38. The third-order valence-electron chi connectivity index (χ3n) is 4.25. The average molecular weight is 368 g/mol. The molecule has 0 aliphatic heterocycles. The summed E-state index contributed by atoms with van der Waals surface area (Å²) in [5, 5.41) is 26.7. The maximum Gasteiger partial charge on any atom is 0.344 e. The maximum atomic E-state index is 11.9. The number of allylic oxidation sites excluding steroid dienone is 1. The van der Waals surface area contributed by atoms with Crippen LogP contribution >= 0.6 is 11.8 Å². The van der Waals surface area contributed by atoms with E-state index in [0.717, 1.165) is 23.9 Å². The zero-order valence-corrected chi connectivity index (χ0v) is 14.7. The molecule has 9 heteroatoms. The molecule has 0 amide bonds. The lowest BCUT2D eigenvalue weighted by Crippen LogP contribution is -2.17. The number of rotatable bonds is 5. The Labute approximate surface area is 152 Å². The van der Waals surface area contributed by atoms with Gasteiger partial charge in [-0.3, -0.25) is 4.57 Å². The van der Waals surface area contributed by atoms with Crippen molar-refractivity contribution in [2.24, 2.45) is 0 Å². The summed E-state index contributed by atoms with van der Waals surface area (Å²) in [6, 6.07) is 9.61. The first kappa shape index (κ1) is 16.5. The summed E-state index contributed by atoms with van der Waals surface area (Å²) < 4.78 is 1.61. The van der Waals surface area contributed by atoms with Crippen LogP contribution in [-0.4, -0.2) is 35.1 Å². The molecule has 8 nitrogen and oxygen atoms in total. The Balaban J connectivity index is 1.66. The van der Waals surface area contributed by atoms with E-state index in [0.29, 0.717) is 11.0 Å². The highest BCUT2D eigenvalue weighted by Gasteiger charge is 2.30. The number of benzene rings is 1. The first-order chi connectivity index (χ1) is 12.6. The molecular formula is C17H16N6O2S. The van der Waals surface area contributed by atoms with Gasteiger partial charge in [0.2, 0.25) is 0 Å². The predicted molar refractivity (Wildman–Crippen MR) is 97.7 cm³/mol. The van der Waals surface area contributed by atoms with Crippen LogP contribution in [-0.2, 0) is 0 Å². The molecule has 0 saturated heterocycles. The lowest BCUT2D eigenvalue weighted by Gasteiger charge is -2.11. The number of aromatic nitrogens is 5. The summed E-state index contributed by atoms with van der Waals surface area (Å²) in [5.41, 5.74) is 1.34. The van der Waals surface area contributed by atoms with Crippen LogP contribution in [0.25, 0.3) is 16.6 Å². The third kappa shape index (κ3) is 2.88. The van der Waals surface area contributed by atoms with E-state index in [9.17, 15) is 15.2 Å². The summed E-state index contributed by atoms with van der Waals surface area (Å²) in [6.45, 7) is 1.76. The number of thioether (sulfide) groups is 1. The van der Waals surface area contributed by atoms with Gasteiger partial charge in [0, 0.05) is 6.04 Å². The quantitative estimate of drug-likeness (QED) is 0.361. The molecular weight excluding hydrogens is 352 g/mol. The van der Waals surface area contributed by atoms with Crippen molar-refractivity contribution in [1.82, 2.24) is 24.7 Å². The van der Waals surface area contributed by atoms with Gasteiger partial charge in [0.25, 0.3) is 0 Å². The summed E-state index contributed by atoms with van der Waals surface area (Å²) in [5.74, 6) is 0.217. The highest BCUT2D eigenvalue weighted by molar-refractivity contribution is 7.99. The van der Waals surface area contributed by atoms with Crippen molar-refractivity contribution >= 4 is 28.4 Å². The third-order valence-corrected chi connectivity index (χ3v) is 5.32. The Bertz CT molecular complexity index is 1070. The van der Waals surface area contributed by atoms with Crippen molar-refractivity contribution in [3.63, 3.8) is 0 Å². The molecule has 0 radical (unpaired) electrons. The number of hydrogen-bond acceptors (Lipinski definition) is 6. The second-order valence-corrected chi connectivity index (χ2v) is 7.46. The maximum absolute atomic E-state index is 11.9. The molecule has 3 N–H and O–H groups in total. The lowest BCUT2D eigenvalue weighted by atomic mass is 10.2. The Morgan fingerprint density at radius 1 is 1.46 bits per heavy atom. The Kier molecular flexibility index (Phi) is 4.05. The highest BCUT2D eigenvalue weighted by atomic mass is 32.2. The van der Waals surface area contributed by atoms with Crippen LogP contribution in [0.2, 0.25) is 0 Å². The molecule has 1 atom stereocenters. The number of nitriles is 1. The first-order valence-corrected chi connectivity index (χ1v) is 9.08. The number of aliphatic hydroxyl groups is 1. The Hall–Kier alpha value is -2.99. The molecule has 4 rings (SSSR count). The molecule has 2 aromatic heterocycles. The molecule has 0 spiro atoms. The summed E-state index contributed by atoms with van der Waals surface area (Å²) in [7, 11) is 0. The van der Waals surface area contributed by atoms with Gasteiger partial charge >= 0.3 is 5.69 Å². The largest absolute Gasteiger partial charge is 0.510 e. The van der Waals surface area contributed by atoms with Gasteiger partial charge in [-0.25, -0.2) is 14.9 Å². The molecule has 0 bridgehead atoms. The number of aromatic amines is 2. The van der Waals surface area contributed by atoms with E-state index in [1.54, 1.807) is 11.5 Å². The fourth-order valence-electron chi connectivity index (χ4n) is 2.75. The van der Waals surface area contributed by atoms with Crippen molar-refractivity contribution in [1.29, 1.82) is 5.26 Å². The molecule has 132 valence electrons. The van der Waals surface area contributed by atoms with Crippen LogP contribution in [0.15, 0.2) is 40.0 Å². The number of fused-ring (bicyclic) bond motifs is 1. The van der Waals surface area contributed by atoms with E-state index >= 15 is 0 Å². The van der Waals surface area contributed by atoms with Gasteiger partial charge in [0.15, 0.2) is 11.0 Å². The van der Waals surface area contributed by atoms with Crippen molar-refractivity contribution in [3.05, 3.63) is 46.3 Å². The minimum absolute atomic E-state index is 0.0806. The van der Waals surface area contributed by atoms with Crippen LogP contribution in [0.5, 0.6) is 0 Å². The van der Waals surface area contributed by atoms with Gasteiger partial charge in [-0.15, -0.1) is 5.10 Å². The lowest BCUT2D eigenvalue weighted by molar-refractivity contribution is 0.401. The molecule has 1 aliphatic carbocycles. The predicted octanol–water partition coefficient (Wildman–Crippen LogP) is 2.76. The van der Waals surface area contributed by atoms with Crippen LogP contribution in [0.4, 0.5) is 0 Å². The number of para-hydroxylation sites is 2. The molecule has 1 aromatic carbocycles. The average Bonchev–Trinajstić information content (AvgIpc) is 3.27. The standard InChI is InChI=1S/C17H16N6O2S/c1-9(26-17-22-21-16(25)23(17)10-6-7-10)14(24)11(8-18)15-19-12-4-2-3-5-13(12)20-15/h2-5,9-10,24H,6-7H2,1H3,(H,19,20)(H,21,25)/b14-11-/t9-/m0/s1. The number of nitrogens with zero attached hydrogens (tertiary/aromatic N) is 4. The van der Waals surface area contributed by atoms with Crippen molar-refractivity contribution in [2.75, 3.05) is 0 Å². The van der Waals surface area contributed by atoms with Gasteiger partial charge in [0.1, 0.15) is 17.4 Å².